The van der Waals surface area contributed by atoms with Crippen LogP contribution in [-0.2, 0) is 6.54 Å². The van der Waals surface area contributed by atoms with E-state index in [1.54, 1.807) is 0 Å². The summed E-state index contributed by atoms with van der Waals surface area (Å²) in [5.74, 6) is 0.696. The van der Waals surface area contributed by atoms with Gasteiger partial charge in [-0.1, -0.05) is 12.1 Å². The number of benzene rings is 1. The first-order valence-corrected chi connectivity index (χ1v) is 8.47. The van der Waals surface area contributed by atoms with Crippen molar-refractivity contribution in [1.82, 2.24) is 15.1 Å². The molecule has 1 aliphatic rings. The highest BCUT2D eigenvalue weighted by atomic mass is 127. The first kappa shape index (κ1) is 21.2. The monoisotopic (exact) mass is 448 g/mol. The minimum atomic E-state index is -0.200. The van der Waals surface area contributed by atoms with Gasteiger partial charge in [0.2, 0.25) is 0 Å². The highest BCUT2D eigenvalue weighted by molar-refractivity contribution is 14.0. The van der Waals surface area contributed by atoms with Crippen LogP contribution in [0, 0.1) is 5.82 Å². The lowest BCUT2D eigenvalue weighted by molar-refractivity contribution is 0.252. The van der Waals surface area contributed by atoms with Gasteiger partial charge in [-0.05, 0) is 51.4 Å². The topological polar surface area (TPSA) is 30.9 Å². The van der Waals surface area contributed by atoms with Crippen molar-refractivity contribution in [3.05, 3.63) is 35.6 Å². The van der Waals surface area contributed by atoms with Crippen molar-refractivity contribution >= 4 is 29.9 Å². The van der Waals surface area contributed by atoms with Gasteiger partial charge in [0, 0.05) is 32.2 Å². The second-order valence-corrected chi connectivity index (χ2v) is 6.42. The van der Waals surface area contributed by atoms with Crippen LogP contribution < -0.4 is 5.32 Å². The van der Waals surface area contributed by atoms with Crippen LogP contribution in [0.3, 0.4) is 0 Å². The molecule has 0 radical (unpaired) electrons. The van der Waals surface area contributed by atoms with Gasteiger partial charge in [0.25, 0.3) is 0 Å². The van der Waals surface area contributed by atoms with Gasteiger partial charge >= 0.3 is 0 Å². The Morgan fingerprint density at radius 2 is 1.92 bits per heavy atom. The number of aliphatic imine (C=N–C) groups is 1. The van der Waals surface area contributed by atoms with E-state index in [9.17, 15) is 4.39 Å². The second-order valence-electron chi connectivity index (χ2n) is 6.42. The van der Waals surface area contributed by atoms with E-state index in [1.807, 2.05) is 19.2 Å². The van der Waals surface area contributed by atoms with Crippen molar-refractivity contribution in [2.45, 2.75) is 45.3 Å². The van der Waals surface area contributed by atoms with Gasteiger partial charge in [-0.15, -0.1) is 24.0 Å². The van der Waals surface area contributed by atoms with Crippen LogP contribution in [0.15, 0.2) is 29.3 Å². The summed E-state index contributed by atoms with van der Waals surface area (Å²) < 4.78 is 13.0. The first-order valence-electron chi connectivity index (χ1n) is 8.47. The maximum Gasteiger partial charge on any atom is 0.194 e. The number of guanidine groups is 1. The predicted octanol–water partition coefficient (Wildman–Crippen LogP) is 3.32. The molecule has 0 saturated heterocycles. The molecule has 1 unspecified atom stereocenters. The summed E-state index contributed by atoms with van der Waals surface area (Å²) in [6.07, 6.45) is 2.63. The molecule has 0 heterocycles. The van der Waals surface area contributed by atoms with Crippen LogP contribution in [0.4, 0.5) is 4.39 Å². The quantitative estimate of drug-likeness (QED) is 0.395. The molecule has 0 aliphatic heterocycles. The molecule has 24 heavy (non-hydrogen) atoms. The highest BCUT2D eigenvalue weighted by Gasteiger charge is 2.28. The largest absolute Gasteiger partial charge is 0.357 e. The number of nitrogens with zero attached hydrogens (tertiary/aromatic N) is 3. The molecule has 1 fully saturated rings. The molecule has 1 aliphatic carbocycles. The van der Waals surface area contributed by atoms with Crippen LogP contribution in [0.1, 0.15) is 32.3 Å². The molecule has 1 aromatic carbocycles. The van der Waals surface area contributed by atoms with Gasteiger partial charge in [-0.3, -0.25) is 9.89 Å². The number of likely N-dealkylation sites (N-methyl/N-ethyl adjacent to an activating group) is 1. The Labute approximate surface area is 162 Å². The summed E-state index contributed by atoms with van der Waals surface area (Å²) in [5, 5.41) is 3.34. The van der Waals surface area contributed by atoms with E-state index < -0.39 is 0 Å². The van der Waals surface area contributed by atoms with E-state index in [0.717, 1.165) is 30.7 Å². The zero-order valence-corrected chi connectivity index (χ0v) is 17.5. The summed E-state index contributed by atoms with van der Waals surface area (Å²) in [7, 11) is 4.20. The van der Waals surface area contributed by atoms with E-state index in [4.69, 9.17) is 4.99 Å². The lowest BCUT2D eigenvalue weighted by atomic mass is 10.2. The Bertz CT molecular complexity index is 516. The number of halogens is 2. The molecule has 136 valence electrons. The smallest absolute Gasteiger partial charge is 0.194 e. The van der Waals surface area contributed by atoms with Crippen LogP contribution in [0.2, 0.25) is 0 Å². The maximum absolute atomic E-state index is 13.0. The molecule has 0 bridgehead atoms. The van der Waals surface area contributed by atoms with Gasteiger partial charge in [0.15, 0.2) is 5.96 Å². The average molecular weight is 448 g/mol. The third-order valence-electron chi connectivity index (χ3n) is 4.35. The maximum atomic E-state index is 13.0. The van der Waals surface area contributed by atoms with Gasteiger partial charge in [0.1, 0.15) is 5.82 Å². The summed E-state index contributed by atoms with van der Waals surface area (Å²) >= 11 is 0. The van der Waals surface area contributed by atoms with Gasteiger partial charge in [-0.2, -0.15) is 0 Å². The van der Waals surface area contributed by atoms with Crippen molar-refractivity contribution in [2.75, 3.05) is 27.2 Å². The fourth-order valence-corrected chi connectivity index (χ4v) is 2.60. The molecule has 0 spiro atoms. The van der Waals surface area contributed by atoms with Crippen LogP contribution in [0.5, 0.6) is 0 Å². The summed E-state index contributed by atoms with van der Waals surface area (Å²) in [5.41, 5.74) is 1.07. The fraction of sp³-hybridized carbons (Fsp3) is 0.611. The third kappa shape index (κ3) is 6.55. The van der Waals surface area contributed by atoms with Gasteiger partial charge in [0.05, 0.1) is 6.54 Å². The molecular weight excluding hydrogens is 418 g/mol. The van der Waals surface area contributed by atoms with Crippen molar-refractivity contribution < 1.29 is 4.39 Å². The van der Waals surface area contributed by atoms with Gasteiger partial charge < -0.3 is 10.2 Å². The van der Waals surface area contributed by atoms with Crippen LogP contribution in [-0.4, -0.2) is 55.0 Å². The van der Waals surface area contributed by atoms with E-state index in [2.05, 4.69) is 36.0 Å². The minimum Gasteiger partial charge on any atom is -0.357 e. The van der Waals surface area contributed by atoms with Crippen molar-refractivity contribution in [3.8, 4) is 0 Å². The van der Waals surface area contributed by atoms with E-state index in [0.29, 0.717) is 12.6 Å². The Balaban J connectivity index is 0.00000288. The summed E-state index contributed by atoms with van der Waals surface area (Å²) in [6, 6.07) is 7.83. The number of hydrogen-bond acceptors (Lipinski definition) is 2. The molecule has 1 atom stereocenters. The molecule has 0 aromatic heterocycles. The number of nitrogens with one attached hydrogen (secondary N) is 1. The Morgan fingerprint density at radius 3 is 2.46 bits per heavy atom. The lowest BCUT2D eigenvalue weighted by Gasteiger charge is -2.25. The normalized spacial score (nSPS) is 15.8. The lowest BCUT2D eigenvalue weighted by Crippen LogP contribution is -2.40. The predicted molar refractivity (Wildman–Crippen MR) is 110 cm³/mol. The first-order chi connectivity index (χ1) is 11.0. The molecule has 2 rings (SSSR count). The fourth-order valence-electron chi connectivity index (χ4n) is 2.60. The molecule has 0 amide bonds. The van der Waals surface area contributed by atoms with Crippen molar-refractivity contribution in [1.29, 1.82) is 0 Å². The Hall–Kier alpha value is -0.890. The van der Waals surface area contributed by atoms with E-state index >= 15 is 0 Å². The molecule has 1 N–H and O–H groups in total. The number of hydrogen-bond donors (Lipinski definition) is 1. The molecule has 1 saturated carbocycles. The SMILES string of the molecule is CCNC(=NCC(C)N(C)C1CC1)N(C)Cc1ccc(F)cc1.I. The highest BCUT2D eigenvalue weighted by Crippen LogP contribution is 2.26. The zero-order valence-electron chi connectivity index (χ0n) is 15.1. The van der Waals surface area contributed by atoms with Crippen LogP contribution in [0.25, 0.3) is 0 Å². The molecule has 6 heteroatoms. The second kappa shape index (κ2) is 10.2. The molecule has 4 nitrogen and oxygen atoms in total. The van der Waals surface area contributed by atoms with Crippen molar-refractivity contribution in [2.24, 2.45) is 4.99 Å². The van der Waals surface area contributed by atoms with Crippen LogP contribution >= 0.6 is 24.0 Å². The number of rotatable bonds is 7. The summed E-state index contributed by atoms with van der Waals surface area (Å²) in [6.45, 7) is 6.62. The van der Waals surface area contributed by atoms with E-state index in [1.165, 1.54) is 25.0 Å². The Morgan fingerprint density at radius 1 is 1.29 bits per heavy atom. The van der Waals surface area contributed by atoms with Gasteiger partial charge in [-0.25, -0.2) is 4.39 Å². The molecule has 1 aromatic rings. The Kier molecular flexibility index (Phi) is 8.97. The third-order valence-corrected chi connectivity index (χ3v) is 4.35. The summed E-state index contributed by atoms with van der Waals surface area (Å²) in [4.78, 5) is 9.28. The standard InChI is InChI=1S/C18H29FN4.HI/c1-5-20-18(21-12-14(2)23(4)17-10-11-17)22(3)13-15-6-8-16(19)9-7-15;/h6-9,14,17H,5,10-13H2,1-4H3,(H,20,21);1H. The van der Waals surface area contributed by atoms with E-state index in [-0.39, 0.29) is 29.8 Å². The minimum absolute atomic E-state index is 0. The molecular formula is C18H30FIN4. The van der Waals surface area contributed by atoms with Crippen molar-refractivity contribution in [3.63, 3.8) is 0 Å². The average Bonchev–Trinajstić information content (AvgIpc) is 3.37. The zero-order chi connectivity index (χ0) is 16.8.